The summed E-state index contributed by atoms with van der Waals surface area (Å²) in [5.41, 5.74) is 1.41. The SMILES string of the molecule is Cc1cccnc1C(=O)N(CCCl)C(C)C. The van der Waals surface area contributed by atoms with E-state index in [-0.39, 0.29) is 11.9 Å². The molecule has 0 aromatic carbocycles. The third kappa shape index (κ3) is 2.95. The van der Waals surface area contributed by atoms with Gasteiger partial charge >= 0.3 is 0 Å². The highest BCUT2D eigenvalue weighted by molar-refractivity contribution is 6.18. The number of rotatable bonds is 4. The number of hydrogen-bond acceptors (Lipinski definition) is 2. The molecule has 0 aliphatic heterocycles. The van der Waals surface area contributed by atoms with E-state index in [0.29, 0.717) is 18.1 Å². The zero-order chi connectivity index (χ0) is 12.1. The summed E-state index contributed by atoms with van der Waals surface area (Å²) in [5.74, 6) is 0.393. The van der Waals surface area contributed by atoms with E-state index in [2.05, 4.69) is 4.98 Å². The Bertz CT molecular complexity index is 366. The number of carbonyl (C=O) groups is 1. The van der Waals surface area contributed by atoms with E-state index in [1.54, 1.807) is 11.1 Å². The highest BCUT2D eigenvalue weighted by Crippen LogP contribution is 2.10. The lowest BCUT2D eigenvalue weighted by molar-refractivity contribution is 0.0711. The third-order valence-electron chi connectivity index (χ3n) is 2.42. The predicted molar refractivity (Wildman–Crippen MR) is 65.9 cm³/mol. The summed E-state index contributed by atoms with van der Waals surface area (Å²) in [5, 5.41) is 0. The molecule has 4 heteroatoms. The van der Waals surface area contributed by atoms with E-state index < -0.39 is 0 Å². The fourth-order valence-electron chi connectivity index (χ4n) is 1.53. The Hall–Kier alpha value is -1.09. The van der Waals surface area contributed by atoms with E-state index in [4.69, 9.17) is 11.6 Å². The summed E-state index contributed by atoms with van der Waals surface area (Å²) in [6.07, 6.45) is 1.64. The number of aromatic nitrogens is 1. The Morgan fingerprint density at radius 2 is 2.25 bits per heavy atom. The van der Waals surface area contributed by atoms with E-state index >= 15 is 0 Å². The summed E-state index contributed by atoms with van der Waals surface area (Å²) in [6.45, 7) is 6.39. The van der Waals surface area contributed by atoms with Gasteiger partial charge in [-0.3, -0.25) is 9.78 Å². The monoisotopic (exact) mass is 240 g/mol. The lowest BCUT2D eigenvalue weighted by Gasteiger charge is -2.25. The van der Waals surface area contributed by atoms with Crippen LogP contribution in [0.2, 0.25) is 0 Å². The first-order chi connectivity index (χ1) is 7.57. The summed E-state index contributed by atoms with van der Waals surface area (Å²) in [7, 11) is 0. The zero-order valence-electron chi connectivity index (χ0n) is 9.90. The minimum Gasteiger partial charge on any atom is -0.334 e. The molecule has 0 radical (unpaired) electrons. The van der Waals surface area contributed by atoms with Gasteiger partial charge in [0.05, 0.1) is 0 Å². The maximum Gasteiger partial charge on any atom is 0.272 e. The molecule has 1 rings (SSSR count). The molecule has 1 heterocycles. The van der Waals surface area contributed by atoms with Gasteiger partial charge in [-0.1, -0.05) is 6.07 Å². The fraction of sp³-hybridized carbons (Fsp3) is 0.500. The highest BCUT2D eigenvalue weighted by atomic mass is 35.5. The van der Waals surface area contributed by atoms with Gasteiger partial charge in [0.1, 0.15) is 5.69 Å². The van der Waals surface area contributed by atoms with Crippen LogP contribution in [0, 0.1) is 6.92 Å². The number of nitrogens with zero attached hydrogens (tertiary/aromatic N) is 2. The molecule has 0 N–H and O–H groups in total. The minimum atomic E-state index is -0.0475. The Balaban J connectivity index is 2.95. The minimum absolute atomic E-state index is 0.0475. The number of hydrogen-bond donors (Lipinski definition) is 0. The van der Waals surface area contributed by atoms with Gasteiger partial charge in [-0.05, 0) is 32.4 Å². The molecule has 1 aromatic rings. The second-order valence-electron chi connectivity index (χ2n) is 3.95. The second kappa shape index (κ2) is 5.85. The summed E-state index contributed by atoms with van der Waals surface area (Å²) in [4.78, 5) is 18.1. The van der Waals surface area contributed by atoms with Crippen LogP contribution in [0.15, 0.2) is 18.3 Å². The van der Waals surface area contributed by atoms with Crippen molar-refractivity contribution in [2.75, 3.05) is 12.4 Å². The standard InChI is InChI=1S/C12H17ClN2O/c1-9(2)15(8-6-13)12(16)11-10(3)5-4-7-14-11/h4-5,7,9H,6,8H2,1-3H3. The molecule has 0 saturated heterocycles. The van der Waals surface area contributed by atoms with Crippen LogP contribution in [0.5, 0.6) is 0 Å². The molecule has 88 valence electrons. The normalized spacial score (nSPS) is 10.6. The average molecular weight is 241 g/mol. The van der Waals surface area contributed by atoms with Gasteiger partial charge in [-0.2, -0.15) is 0 Å². The van der Waals surface area contributed by atoms with Gasteiger partial charge in [0.15, 0.2) is 0 Å². The highest BCUT2D eigenvalue weighted by Gasteiger charge is 2.20. The van der Waals surface area contributed by atoms with Crippen molar-refractivity contribution in [2.45, 2.75) is 26.8 Å². The lowest BCUT2D eigenvalue weighted by atomic mass is 10.2. The van der Waals surface area contributed by atoms with Crippen molar-refractivity contribution in [3.63, 3.8) is 0 Å². The van der Waals surface area contributed by atoms with E-state index in [0.717, 1.165) is 5.56 Å². The smallest absolute Gasteiger partial charge is 0.272 e. The number of amides is 1. The van der Waals surface area contributed by atoms with Crippen molar-refractivity contribution in [2.24, 2.45) is 0 Å². The molecular weight excluding hydrogens is 224 g/mol. The third-order valence-corrected chi connectivity index (χ3v) is 2.59. The van der Waals surface area contributed by atoms with Crippen molar-refractivity contribution in [3.8, 4) is 0 Å². The van der Waals surface area contributed by atoms with Crippen molar-refractivity contribution in [1.29, 1.82) is 0 Å². The van der Waals surface area contributed by atoms with Crippen molar-refractivity contribution in [1.82, 2.24) is 9.88 Å². The zero-order valence-corrected chi connectivity index (χ0v) is 10.7. The molecule has 0 saturated carbocycles. The van der Waals surface area contributed by atoms with Crippen LogP contribution in [0.25, 0.3) is 0 Å². The van der Waals surface area contributed by atoms with Crippen LogP contribution >= 0.6 is 11.6 Å². The molecule has 0 atom stereocenters. The summed E-state index contributed by atoms with van der Waals surface area (Å²) in [6, 6.07) is 3.85. The van der Waals surface area contributed by atoms with Crippen molar-refractivity contribution >= 4 is 17.5 Å². The molecule has 1 aromatic heterocycles. The number of aryl methyl sites for hydroxylation is 1. The predicted octanol–water partition coefficient (Wildman–Crippen LogP) is 2.48. The number of carbonyl (C=O) groups excluding carboxylic acids is 1. The van der Waals surface area contributed by atoms with Crippen LogP contribution in [-0.2, 0) is 0 Å². The molecule has 1 amide bonds. The molecule has 0 aliphatic rings. The molecule has 3 nitrogen and oxygen atoms in total. The van der Waals surface area contributed by atoms with Crippen LogP contribution in [0.4, 0.5) is 0 Å². The van der Waals surface area contributed by atoms with Gasteiger partial charge < -0.3 is 4.90 Å². The lowest BCUT2D eigenvalue weighted by Crippen LogP contribution is -2.39. The van der Waals surface area contributed by atoms with E-state index in [9.17, 15) is 4.79 Å². The Morgan fingerprint density at radius 3 is 2.75 bits per heavy atom. The molecule has 0 fully saturated rings. The summed E-state index contributed by atoms with van der Waals surface area (Å²) < 4.78 is 0. The molecule has 0 unspecified atom stereocenters. The number of alkyl halides is 1. The van der Waals surface area contributed by atoms with Gasteiger partial charge in [0.25, 0.3) is 5.91 Å². The van der Waals surface area contributed by atoms with Crippen LogP contribution in [-0.4, -0.2) is 34.3 Å². The molecule has 0 spiro atoms. The fourth-order valence-corrected chi connectivity index (χ4v) is 1.71. The Morgan fingerprint density at radius 1 is 1.56 bits per heavy atom. The van der Waals surface area contributed by atoms with E-state index in [1.807, 2.05) is 32.9 Å². The first-order valence-corrected chi connectivity index (χ1v) is 5.90. The Labute approximate surface area is 101 Å². The Kier molecular flexibility index (Phi) is 4.74. The largest absolute Gasteiger partial charge is 0.334 e. The van der Waals surface area contributed by atoms with Crippen molar-refractivity contribution in [3.05, 3.63) is 29.6 Å². The topological polar surface area (TPSA) is 33.2 Å². The average Bonchev–Trinajstić information content (AvgIpc) is 2.25. The molecular formula is C12H17ClN2O. The van der Waals surface area contributed by atoms with Crippen molar-refractivity contribution < 1.29 is 4.79 Å². The maximum atomic E-state index is 12.2. The number of pyridine rings is 1. The van der Waals surface area contributed by atoms with Crippen LogP contribution < -0.4 is 0 Å². The summed E-state index contributed by atoms with van der Waals surface area (Å²) >= 11 is 5.70. The first-order valence-electron chi connectivity index (χ1n) is 5.36. The number of halogens is 1. The van der Waals surface area contributed by atoms with Gasteiger partial charge in [-0.15, -0.1) is 11.6 Å². The van der Waals surface area contributed by atoms with Gasteiger partial charge in [0.2, 0.25) is 0 Å². The second-order valence-corrected chi connectivity index (χ2v) is 4.33. The van der Waals surface area contributed by atoms with Gasteiger partial charge in [0, 0.05) is 24.7 Å². The quantitative estimate of drug-likeness (QED) is 0.758. The first kappa shape index (κ1) is 13.0. The maximum absolute atomic E-state index is 12.2. The van der Waals surface area contributed by atoms with E-state index in [1.165, 1.54) is 0 Å². The molecule has 0 aliphatic carbocycles. The molecule has 16 heavy (non-hydrogen) atoms. The van der Waals surface area contributed by atoms with Gasteiger partial charge in [-0.25, -0.2) is 0 Å². The molecule has 0 bridgehead atoms. The van der Waals surface area contributed by atoms with Crippen LogP contribution in [0.3, 0.4) is 0 Å². The van der Waals surface area contributed by atoms with Crippen LogP contribution in [0.1, 0.15) is 29.9 Å².